The Balaban J connectivity index is 1.82. The maximum atomic E-state index is 13.5. The SMILES string of the molecule is CC(C)C(CO)N(Cc1ccccc1)Cc1coc(-c2ccc(F)c(F)c2)n1. The molecule has 1 N–H and O–H groups in total. The summed E-state index contributed by atoms with van der Waals surface area (Å²) in [5, 5.41) is 9.90. The van der Waals surface area contributed by atoms with Gasteiger partial charge in [-0.2, -0.15) is 0 Å². The summed E-state index contributed by atoms with van der Waals surface area (Å²) in [7, 11) is 0. The largest absolute Gasteiger partial charge is 0.444 e. The lowest BCUT2D eigenvalue weighted by atomic mass is 10.0. The average molecular weight is 386 g/mol. The van der Waals surface area contributed by atoms with Crippen LogP contribution in [-0.2, 0) is 13.1 Å². The van der Waals surface area contributed by atoms with Gasteiger partial charge in [0.25, 0.3) is 0 Å². The van der Waals surface area contributed by atoms with Crippen LogP contribution in [0, 0.1) is 17.6 Å². The third kappa shape index (κ3) is 4.82. The standard InChI is InChI=1S/C22H24F2N2O2/c1-15(2)21(13-27)26(11-16-6-4-3-5-7-16)12-18-14-28-22(25-18)17-8-9-19(23)20(24)10-17/h3-10,14-15,21,27H,11-13H2,1-2H3. The number of aliphatic hydroxyl groups excluding tert-OH is 1. The molecule has 0 amide bonds. The summed E-state index contributed by atoms with van der Waals surface area (Å²) in [6.07, 6.45) is 1.52. The molecular weight excluding hydrogens is 362 g/mol. The predicted molar refractivity (Wildman–Crippen MR) is 103 cm³/mol. The molecule has 2 aromatic carbocycles. The molecule has 4 nitrogen and oxygen atoms in total. The van der Waals surface area contributed by atoms with Crippen LogP contribution in [0.5, 0.6) is 0 Å². The summed E-state index contributed by atoms with van der Waals surface area (Å²) in [5.74, 6) is -1.37. The molecule has 0 saturated heterocycles. The van der Waals surface area contributed by atoms with E-state index in [1.165, 1.54) is 12.3 Å². The van der Waals surface area contributed by atoms with E-state index in [0.29, 0.717) is 24.3 Å². The van der Waals surface area contributed by atoms with Gasteiger partial charge in [0.1, 0.15) is 6.26 Å². The van der Waals surface area contributed by atoms with Gasteiger partial charge < -0.3 is 9.52 Å². The molecule has 3 rings (SSSR count). The fraction of sp³-hybridized carbons (Fsp3) is 0.318. The van der Waals surface area contributed by atoms with Crippen LogP contribution in [0.2, 0.25) is 0 Å². The van der Waals surface area contributed by atoms with E-state index >= 15 is 0 Å². The van der Waals surface area contributed by atoms with Crippen molar-refractivity contribution in [3.63, 3.8) is 0 Å². The summed E-state index contributed by atoms with van der Waals surface area (Å²) in [6.45, 7) is 5.27. The molecule has 1 unspecified atom stereocenters. The maximum Gasteiger partial charge on any atom is 0.226 e. The highest BCUT2D eigenvalue weighted by Crippen LogP contribution is 2.23. The molecule has 0 fully saturated rings. The summed E-state index contributed by atoms with van der Waals surface area (Å²) >= 11 is 0. The quantitative estimate of drug-likeness (QED) is 0.613. The van der Waals surface area contributed by atoms with E-state index in [-0.39, 0.29) is 24.5 Å². The molecule has 28 heavy (non-hydrogen) atoms. The van der Waals surface area contributed by atoms with Crippen molar-refractivity contribution < 1.29 is 18.3 Å². The van der Waals surface area contributed by atoms with Crippen molar-refractivity contribution >= 4 is 0 Å². The second-order valence-electron chi connectivity index (χ2n) is 7.16. The highest BCUT2D eigenvalue weighted by molar-refractivity contribution is 5.53. The van der Waals surface area contributed by atoms with Crippen molar-refractivity contribution in [1.29, 1.82) is 0 Å². The highest BCUT2D eigenvalue weighted by atomic mass is 19.2. The fourth-order valence-electron chi connectivity index (χ4n) is 3.21. The van der Waals surface area contributed by atoms with Crippen molar-refractivity contribution in [3.8, 4) is 11.5 Å². The zero-order chi connectivity index (χ0) is 20.1. The summed E-state index contributed by atoms with van der Waals surface area (Å²) in [4.78, 5) is 6.58. The van der Waals surface area contributed by atoms with Gasteiger partial charge in [0.15, 0.2) is 11.6 Å². The van der Waals surface area contributed by atoms with Gasteiger partial charge in [0.2, 0.25) is 5.89 Å². The molecule has 0 spiro atoms. The van der Waals surface area contributed by atoms with Gasteiger partial charge in [0.05, 0.1) is 12.3 Å². The number of hydrogen-bond acceptors (Lipinski definition) is 4. The molecule has 1 aromatic heterocycles. The van der Waals surface area contributed by atoms with Crippen molar-refractivity contribution in [1.82, 2.24) is 9.88 Å². The number of aliphatic hydroxyl groups is 1. The molecule has 148 valence electrons. The topological polar surface area (TPSA) is 49.5 Å². The normalized spacial score (nSPS) is 12.7. The van der Waals surface area contributed by atoms with Crippen molar-refractivity contribution in [2.45, 2.75) is 33.0 Å². The van der Waals surface area contributed by atoms with Crippen LogP contribution < -0.4 is 0 Å². The number of benzene rings is 2. The van der Waals surface area contributed by atoms with E-state index in [1.807, 2.05) is 30.3 Å². The van der Waals surface area contributed by atoms with E-state index in [2.05, 4.69) is 23.7 Å². The number of nitrogens with zero attached hydrogens (tertiary/aromatic N) is 2. The molecule has 1 atom stereocenters. The number of oxazole rings is 1. The van der Waals surface area contributed by atoms with Gasteiger partial charge in [-0.15, -0.1) is 0 Å². The number of hydrogen-bond donors (Lipinski definition) is 1. The Morgan fingerprint density at radius 1 is 1.04 bits per heavy atom. The summed E-state index contributed by atoms with van der Waals surface area (Å²) < 4.78 is 32.1. The third-order valence-electron chi connectivity index (χ3n) is 4.74. The minimum absolute atomic E-state index is 0.0262. The second kappa shape index (κ2) is 9.08. The molecule has 0 bridgehead atoms. The Morgan fingerprint density at radius 2 is 1.79 bits per heavy atom. The smallest absolute Gasteiger partial charge is 0.226 e. The van der Waals surface area contributed by atoms with E-state index in [1.54, 1.807) is 0 Å². The number of aromatic nitrogens is 1. The van der Waals surface area contributed by atoms with Crippen molar-refractivity contribution in [2.75, 3.05) is 6.61 Å². The first kappa shape index (κ1) is 20.2. The Kier molecular flexibility index (Phi) is 6.54. The Labute approximate surface area is 163 Å². The van der Waals surface area contributed by atoms with Gasteiger partial charge in [-0.25, -0.2) is 13.8 Å². The van der Waals surface area contributed by atoms with Gasteiger partial charge >= 0.3 is 0 Å². The van der Waals surface area contributed by atoms with Crippen LogP contribution in [0.3, 0.4) is 0 Å². The van der Waals surface area contributed by atoms with Crippen LogP contribution in [0.1, 0.15) is 25.1 Å². The number of rotatable bonds is 8. The molecular formula is C22H24F2N2O2. The van der Waals surface area contributed by atoms with Crippen LogP contribution in [0.15, 0.2) is 59.2 Å². The Hall–Kier alpha value is -2.57. The minimum atomic E-state index is -0.942. The summed E-state index contributed by atoms with van der Waals surface area (Å²) in [6, 6.07) is 13.5. The lowest BCUT2D eigenvalue weighted by molar-refractivity contribution is 0.0774. The molecule has 0 aliphatic heterocycles. The first-order chi connectivity index (χ1) is 13.5. The van der Waals surface area contributed by atoms with Crippen LogP contribution in [0.25, 0.3) is 11.5 Å². The van der Waals surface area contributed by atoms with Crippen molar-refractivity contribution in [2.24, 2.45) is 5.92 Å². The molecule has 0 aliphatic carbocycles. The fourth-order valence-corrected chi connectivity index (χ4v) is 3.21. The van der Waals surface area contributed by atoms with Gasteiger partial charge in [0, 0.05) is 24.7 Å². The van der Waals surface area contributed by atoms with Gasteiger partial charge in [-0.3, -0.25) is 4.90 Å². The van der Waals surface area contributed by atoms with Gasteiger partial charge in [-0.05, 0) is 29.7 Å². The van der Waals surface area contributed by atoms with Gasteiger partial charge in [-0.1, -0.05) is 44.2 Å². The van der Waals surface area contributed by atoms with E-state index in [0.717, 1.165) is 17.7 Å². The molecule has 0 saturated carbocycles. The van der Waals surface area contributed by atoms with Crippen LogP contribution in [0.4, 0.5) is 8.78 Å². The van der Waals surface area contributed by atoms with E-state index < -0.39 is 11.6 Å². The lowest BCUT2D eigenvalue weighted by Crippen LogP contribution is -2.40. The summed E-state index contributed by atoms with van der Waals surface area (Å²) in [5.41, 5.74) is 2.17. The van der Waals surface area contributed by atoms with E-state index in [4.69, 9.17) is 4.42 Å². The van der Waals surface area contributed by atoms with Crippen LogP contribution >= 0.6 is 0 Å². The van der Waals surface area contributed by atoms with Crippen molar-refractivity contribution in [3.05, 3.63) is 77.7 Å². The Bertz CT molecular complexity index is 897. The zero-order valence-corrected chi connectivity index (χ0v) is 16.0. The zero-order valence-electron chi connectivity index (χ0n) is 16.0. The maximum absolute atomic E-state index is 13.5. The lowest BCUT2D eigenvalue weighted by Gasteiger charge is -2.32. The molecule has 6 heteroatoms. The average Bonchev–Trinajstić information content (AvgIpc) is 3.13. The highest BCUT2D eigenvalue weighted by Gasteiger charge is 2.23. The third-order valence-corrected chi connectivity index (χ3v) is 4.74. The molecule has 0 aliphatic rings. The molecule has 0 radical (unpaired) electrons. The first-order valence-electron chi connectivity index (χ1n) is 9.26. The molecule has 1 heterocycles. The first-order valence-corrected chi connectivity index (χ1v) is 9.26. The molecule has 3 aromatic rings. The Morgan fingerprint density at radius 3 is 2.43 bits per heavy atom. The van der Waals surface area contributed by atoms with Crippen LogP contribution in [-0.4, -0.2) is 27.6 Å². The second-order valence-corrected chi connectivity index (χ2v) is 7.16. The number of halogens is 2. The predicted octanol–water partition coefficient (Wildman–Crippen LogP) is 4.64. The minimum Gasteiger partial charge on any atom is -0.444 e. The monoisotopic (exact) mass is 386 g/mol. The van der Waals surface area contributed by atoms with E-state index in [9.17, 15) is 13.9 Å².